The smallest absolute Gasteiger partial charge is 0.262 e. The van der Waals surface area contributed by atoms with Gasteiger partial charge in [-0.3, -0.25) is 4.79 Å². The number of ether oxygens (including phenoxy) is 1. The minimum absolute atomic E-state index is 0.0342. The van der Waals surface area contributed by atoms with E-state index in [9.17, 15) is 13.6 Å². The Morgan fingerprint density at radius 3 is 2.67 bits per heavy atom. The van der Waals surface area contributed by atoms with Crippen molar-refractivity contribution in [1.29, 1.82) is 0 Å². The van der Waals surface area contributed by atoms with Gasteiger partial charge in [0.05, 0.1) is 0 Å². The molecule has 3 N–H and O–H groups in total. The van der Waals surface area contributed by atoms with Crippen molar-refractivity contribution in [1.82, 2.24) is 0 Å². The van der Waals surface area contributed by atoms with E-state index in [4.69, 9.17) is 10.5 Å². The summed E-state index contributed by atoms with van der Waals surface area (Å²) in [6.45, 7) is -0.361. The highest BCUT2D eigenvalue weighted by Crippen LogP contribution is 2.20. The summed E-state index contributed by atoms with van der Waals surface area (Å²) < 4.78 is 31.7. The van der Waals surface area contributed by atoms with Crippen molar-refractivity contribution in [2.24, 2.45) is 5.73 Å². The lowest BCUT2D eigenvalue weighted by Gasteiger charge is -2.11. The van der Waals surface area contributed by atoms with Gasteiger partial charge in [0.1, 0.15) is 17.4 Å². The molecule has 0 bridgehead atoms. The molecule has 0 spiro atoms. The summed E-state index contributed by atoms with van der Waals surface area (Å²) >= 11 is 0. The average molecular weight is 292 g/mol. The van der Waals surface area contributed by atoms with Crippen molar-refractivity contribution in [2.45, 2.75) is 6.54 Å². The standard InChI is InChI=1S/C15H14F2N2O2/c16-10-3-1-4-11(7-10)19-15(20)9-21-14-6-2-5-13(17)12(14)8-18/h1-7H,8-9,18H2,(H,19,20). The average Bonchev–Trinajstić information content (AvgIpc) is 2.45. The number of amides is 1. The Morgan fingerprint density at radius 1 is 1.19 bits per heavy atom. The van der Waals surface area contributed by atoms with Gasteiger partial charge in [0, 0.05) is 17.8 Å². The van der Waals surface area contributed by atoms with Gasteiger partial charge in [-0.25, -0.2) is 8.78 Å². The summed E-state index contributed by atoms with van der Waals surface area (Å²) in [6.07, 6.45) is 0. The van der Waals surface area contributed by atoms with Gasteiger partial charge in [-0.1, -0.05) is 12.1 Å². The molecule has 6 heteroatoms. The van der Waals surface area contributed by atoms with E-state index in [2.05, 4.69) is 5.32 Å². The molecule has 0 aliphatic carbocycles. The Bertz CT molecular complexity index is 647. The SMILES string of the molecule is NCc1c(F)cccc1OCC(=O)Nc1cccc(F)c1. The van der Waals surface area contributed by atoms with Gasteiger partial charge in [0.25, 0.3) is 5.91 Å². The minimum atomic E-state index is -0.486. The van der Waals surface area contributed by atoms with Crippen LogP contribution in [0, 0.1) is 11.6 Å². The second-order valence-corrected chi connectivity index (χ2v) is 4.27. The van der Waals surface area contributed by atoms with Gasteiger partial charge in [0.15, 0.2) is 6.61 Å². The van der Waals surface area contributed by atoms with E-state index in [-0.39, 0.29) is 24.5 Å². The number of nitrogens with one attached hydrogen (secondary N) is 1. The molecule has 0 aliphatic heterocycles. The molecular weight excluding hydrogens is 278 g/mol. The molecule has 0 heterocycles. The van der Waals surface area contributed by atoms with Crippen LogP contribution in [0.4, 0.5) is 14.5 Å². The van der Waals surface area contributed by atoms with E-state index in [1.807, 2.05) is 0 Å². The molecule has 21 heavy (non-hydrogen) atoms. The highest BCUT2D eigenvalue weighted by atomic mass is 19.1. The maximum Gasteiger partial charge on any atom is 0.262 e. The maximum atomic E-state index is 13.5. The number of hydrogen-bond donors (Lipinski definition) is 2. The highest BCUT2D eigenvalue weighted by Gasteiger charge is 2.10. The summed E-state index contributed by atoms with van der Waals surface area (Å²) in [5.41, 5.74) is 5.96. The Balaban J connectivity index is 1.97. The maximum absolute atomic E-state index is 13.5. The number of carbonyl (C=O) groups excluding carboxylic acids is 1. The van der Waals surface area contributed by atoms with Crippen LogP contribution in [0.1, 0.15) is 5.56 Å². The number of carbonyl (C=O) groups is 1. The van der Waals surface area contributed by atoms with Crippen molar-refractivity contribution in [3.63, 3.8) is 0 Å². The molecular formula is C15H14F2N2O2. The predicted octanol–water partition coefficient (Wildman–Crippen LogP) is 2.44. The van der Waals surface area contributed by atoms with Crippen LogP contribution in [-0.4, -0.2) is 12.5 Å². The first-order chi connectivity index (χ1) is 10.1. The first kappa shape index (κ1) is 14.9. The van der Waals surface area contributed by atoms with Crippen LogP contribution in [-0.2, 0) is 11.3 Å². The number of hydrogen-bond acceptors (Lipinski definition) is 3. The van der Waals surface area contributed by atoms with E-state index in [0.29, 0.717) is 5.69 Å². The molecule has 0 saturated carbocycles. The lowest BCUT2D eigenvalue weighted by molar-refractivity contribution is -0.118. The fourth-order valence-electron chi connectivity index (χ4n) is 1.78. The van der Waals surface area contributed by atoms with E-state index >= 15 is 0 Å². The molecule has 2 rings (SSSR count). The largest absolute Gasteiger partial charge is 0.483 e. The molecule has 0 aromatic heterocycles. The van der Waals surface area contributed by atoms with Crippen molar-refractivity contribution >= 4 is 11.6 Å². The third kappa shape index (κ3) is 4.00. The Hall–Kier alpha value is -2.47. The summed E-state index contributed by atoms with van der Waals surface area (Å²) in [5.74, 6) is -1.20. The third-order valence-electron chi connectivity index (χ3n) is 2.75. The zero-order valence-corrected chi connectivity index (χ0v) is 11.1. The molecule has 0 saturated heterocycles. The lowest BCUT2D eigenvalue weighted by atomic mass is 10.2. The van der Waals surface area contributed by atoms with Crippen molar-refractivity contribution in [2.75, 3.05) is 11.9 Å². The van der Waals surface area contributed by atoms with E-state index in [0.717, 1.165) is 0 Å². The predicted molar refractivity (Wildman–Crippen MR) is 74.8 cm³/mol. The molecule has 0 fully saturated rings. The molecule has 110 valence electrons. The molecule has 1 amide bonds. The second kappa shape index (κ2) is 6.81. The molecule has 2 aromatic carbocycles. The first-order valence-corrected chi connectivity index (χ1v) is 6.26. The lowest BCUT2D eigenvalue weighted by Crippen LogP contribution is -2.21. The van der Waals surface area contributed by atoms with Crippen molar-refractivity contribution in [3.8, 4) is 5.75 Å². The number of halogens is 2. The fourth-order valence-corrected chi connectivity index (χ4v) is 1.78. The van der Waals surface area contributed by atoms with E-state index in [1.165, 1.54) is 36.4 Å². The van der Waals surface area contributed by atoms with Crippen LogP contribution in [0.2, 0.25) is 0 Å². The van der Waals surface area contributed by atoms with Crippen LogP contribution in [0.15, 0.2) is 42.5 Å². The first-order valence-electron chi connectivity index (χ1n) is 6.26. The highest BCUT2D eigenvalue weighted by molar-refractivity contribution is 5.91. The van der Waals surface area contributed by atoms with Gasteiger partial charge in [0.2, 0.25) is 0 Å². The minimum Gasteiger partial charge on any atom is -0.483 e. The number of rotatable bonds is 5. The fraction of sp³-hybridized carbons (Fsp3) is 0.133. The van der Waals surface area contributed by atoms with E-state index in [1.54, 1.807) is 6.07 Å². The van der Waals surface area contributed by atoms with Gasteiger partial charge in [-0.2, -0.15) is 0 Å². The van der Waals surface area contributed by atoms with Gasteiger partial charge < -0.3 is 15.8 Å². The monoisotopic (exact) mass is 292 g/mol. The Morgan fingerprint density at radius 2 is 1.95 bits per heavy atom. The zero-order chi connectivity index (χ0) is 15.2. The van der Waals surface area contributed by atoms with E-state index < -0.39 is 17.5 Å². The van der Waals surface area contributed by atoms with Gasteiger partial charge in [-0.05, 0) is 30.3 Å². The summed E-state index contributed by atoms with van der Waals surface area (Å²) in [4.78, 5) is 11.7. The van der Waals surface area contributed by atoms with Crippen molar-refractivity contribution < 1.29 is 18.3 Å². The van der Waals surface area contributed by atoms with Gasteiger partial charge >= 0.3 is 0 Å². The molecule has 0 radical (unpaired) electrons. The summed E-state index contributed by atoms with van der Waals surface area (Å²) in [5, 5.41) is 2.48. The summed E-state index contributed by atoms with van der Waals surface area (Å²) in [7, 11) is 0. The van der Waals surface area contributed by atoms with Crippen LogP contribution in [0.25, 0.3) is 0 Å². The van der Waals surface area contributed by atoms with Crippen LogP contribution >= 0.6 is 0 Å². The Labute approximate surface area is 120 Å². The molecule has 0 atom stereocenters. The normalized spacial score (nSPS) is 10.2. The summed E-state index contributed by atoms with van der Waals surface area (Å²) in [6, 6.07) is 9.74. The molecule has 2 aromatic rings. The third-order valence-corrected chi connectivity index (χ3v) is 2.75. The quantitative estimate of drug-likeness (QED) is 0.889. The molecule has 4 nitrogen and oxygen atoms in total. The number of anilines is 1. The van der Waals surface area contributed by atoms with Crippen molar-refractivity contribution in [3.05, 3.63) is 59.7 Å². The van der Waals surface area contributed by atoms with Gasteiger partial charge in [-0.15, -0.1) is 0 Å². The Kier molecular flexibility index (Phi) is 4.84. The van der Waals surface area contributed by atoms with Crippen LogP contribution in [0.5, 0.6) is 5.75 Å². The number of benzene rings is 2. The van der Waals surface area contributed by atoms with Crippen LogP contribution in [0.3, 0.4) is 0 Å². The molecule has 0 unspecified atom stereocenters. The zero-order valence-electron chi connectivity index (χ0n) is 11.1. The van der Waals surface area contributed by atoms with Crippen LogP contribution < -0.4 is 15.8 Å². The number of nitrogens with two attached hydrogens (primary N) is 1. The second-order valence-electron chi connectivity index (χ2n) is 4.27. The molecule has 0 aliphatic rings. The topological polar surface area (TPSA) is 64.3 Å².